The molecule has 25 heavy (non-hydrogen) atoms. The van der Waals surface area contributed by atoms with Crippen LogP contribution in [0, 0.1) is 0 Å². The van der Waals surface area contributed by atoms with Crippen LogP contribution >= 0.6 is 0 Å². The second kappa shape index (κ2) is 13.9. The van der Waals surface area contributed by atoms with Crippen molar-refractivity contribution in [2.75, 3.05) is 0 Å². The maximum Gasteiger partial charge on any atom is 2.00 e. The predicted molar refractivity (Wildman–Crippen MR) is 95.7 cm³/mol. The maximum absolute atomic E-state index is 11.6. The maximum atomic E-state index is 11.6. The Bertz CT molecular complexity index is 488. The third-order valence-corrected chi connectivity index (χ3v) is 4.62. The minimum Gasteiger partial charge on any atom is -0.549 e. The average Bonchev–Trinajstić information content (AvgIpc) is 2.57. The molecule has 1 aromatic rings. The summed E-state index contributed by atoms with van der Waals surface area (Å²) in [5.74, 6) is -3.18. The molecule has 0 aliphatic rings. The topological polar surface area (TPSA) is 80.3 Å². The van der Waals surface area contributed by atoms with Crippen LogP contribution in [0.2, 0.25) is 0 Å². The van der Waals surface area contributed by atoms with Gasteiger partial charge in [0, 0.05) is 0 Å². The number of carbonyl (C=O) groups excluding carboxylic acids is 2. The van der Waals surface area contributed by atoms with E-state index in [2.05, 4.69) is 6.92 Å². The number of carbonyl (C=O) groups is 2. The minimum atomic E-state index is -2.05. The Labute approximate surface area is 191 Å². The van der Waals surface area contributed by atoms with E-state index in [0.29, 0.717) is 6.42 Å². The van der Waals surface area contributed by atoms with Gasteiger partial charge < -0.3 is 19.8 Å². The van der Waals surface area contributed by atoms with Crippen molar-refractivity contribution in [2.45, 2.75) is 76.5 Å². The molecule has 0 aliphatic heterocycles. The van der Waals surface area contributed by atoms with Gasteiger partial charge in [-0.2, -0.15) is 0 Å². The molecule has 0 aliphatic carbocycles. The van der Waals surface area contributed by atoms with Crippen molar-refractivity contribution < 1.29 is 19.8 Å². The summed E-state index contributed by atoms with van der Waals surface area (Å²) in [4.78, 5) is 23.2. The molecule has 0 atom stereocenters. The summed E-state index contributed by atoms with van der Waals surface area (Å²) in [5.41, 5.74) is -1.83. The van der Waals surface area contributed by atoms with E-state index in [9.17, 15) is 19.8 Å². The van der Waals surface area contributed by atoms with Crippen LogP contribution in [0.4, 0.5) is 0 Å². The van der Waals surface area contributed by atoms with Crippen molar-refractivity contribution >= 4 is 60.8 Å². The number of aliphatic carboxylic acids is 2. The number of hydrogen-bond donors (Lipinski definition) is 0. The molecule has 0 saturated carbocycles. The summed E-state index contributed by atoms with van der Waals surface area (Å²) in [6, 6.07) is 8.01. The van der Waals surface area contributed by atoms with Gasteiger partial charge in [0.25, 0.3) is 0 Å². The van der Waals surface area contributed by atoms with E-state index in [1.807, 2.05) is 0 Å². The van der Waals surface area contributed by atoms with Crippen molar-refractivity contribution in [2.24, 2.45) is 0 Å². The van der Waals surface area contributed by atoms with E-state index in [4.69, 9.17) is 0 Å². The summed E-state index contributed by atoms with van der Waals surface area (Å²) in [6.07, 6.45) is 9.67. The smallest absolute Gasteiger partial charge is 0.549 e. The van der Waals surface area contributed by atoms with Crippen molar-refractivity contribution in [1.29, 1.82) is 0 Å². The molecule has 5 heteroatoms. The molecule has 134 valence electrons. The standard InChI is InChI=1S/C20H30O4.Ba/c1-2-3-4-5-6-7-8-9-13-16-20(18(21)22,19(23)24)17-14-11-10-12-15-17;/h10-12,14-15H,2-9,13,16H2,1H3,(H,21,22)(H,23,24);/q;+2/p-2. The Morgan fingerprint density at radius 3 is 1.68 bits per heavy atom. The molecule has 1 aromatic carbocycles. The molecule has 0 fully saturated rings. The Kier molecular flexibility index (Phi) is 13.7. The van der Waals surface area contributed by atoms with Gasteiger partial charge in [-0.05, 0) is 12.0 Å². The summed E-state index contributed by atoms with van der Waals surface area (Å²) < 4.78 is 0. The van der Waals surface area contributed by atoms with Crippen molar-refractivity contribution in [1.82, 2.24) is 0 Å². The van der Waals surface area contributed by atoms with Crippen LogP contribution < -0.4 is 10.2 Å². The van der Waals surface area contributed by atoms with Gasteiger partial charge in [-0.1, -0.05) is 95.0 Å². The van der Waals surface area contributed by atoms with Gasteiger partial charge in [0.1, 0.15) is 0 Å². The molecular formula is C20H28BaO4. The quantitative estimate of drug-likeness (QED) is 0.251. The first-order valence-electron chi connectivity index (χ1n) is 9.04. The summed E-state index contributed by atoms with van der Waals surface area (Å²) in [6.45, 7) is 2.19. The first-order chi connectivity index (χ1) is 11.6. The second-order valence-corrected chi connectivity index (χ2v) is 6.42. The van der Waals surface area contributed by atoms with Gasteiger partial charge in [0.05, 0.1) is 17.4 Å². The molecular weight excluding hydrogens is 442 g/mol. The molecule has 0 bridgehead atoms. The summed E-state index contributed by atoms with van der Waals surface area (Å²) in [7, 11) is 0. The first-order valence-corrected chi connectivity index (χ1v) is 9.04. The summed E-state index contributed by atoms with van der Waals surface area (Å²) >= 11 is 0. The van der Waals surface area contributed by atoms with Crippen LogP contribution in [0.5, 0.6) is 0 Å². The van der Waals surface area contributed by atoms with E-state index >= 15 is 0 Å². The van der Waals surface area contributed by atoms with Crippen molar-refractivity contribution in [3.8, 4) is 0 Å². The second-order valence-electron chi connectivity index (χ2n) is 6.42. The Balaban J connectivity index is 0.00000576. The first kappa shape index (κ1) is 24.7. The SMILES string of the molecule is CCCCCCCCCCCC(C(=O)[O-])(C(=O)[O-])c1ccccc1.[Ba+2]. The molecule has 1 rings (SSSR count). The van der Waals surface area contributed by atoms with Crippen LogP contribution in [-0.2, 0) is 15.0 Å². The molecule has 0 spiro atoms. The number of rotatable bonds is 13. The molecule has 0 N–H and O–H groups in total. The fourth-order valence-electron chi connectivity index (χ4n) is 3.09. The Hall–Kier alpha value is -0.269. The van der Waals surface area contributed by atoms with Gasteiger partial charge >= 0.3 is 48.9 Å². The Morgan fingerprint density at radius 1 is 0.800 bits per heavy atom. The zero-order valence-electron chi connectivity index (χ0n) is 15.3. The third kappa shape index (κ3) is 7.87. The number of benzene rings is 1. The number of hydrogen-bond acceptors (Lipinski definition) is 4. The van der Waals surface area contributed by atoms with E-state index in [1.165, 1.54) is 44.2 Å². The van der Waals surface area contributed by atoms with Gasteiger partial charge in [-0.3, -0.25) is 0 Å². The van der Waals surface area contributed by atoms with Crippen LogP contribution in [0.1, 0.15) is 76.7 Å². The Morgan fingerprint density at radius 2 is 1.24 bits per heavy atom. The van der Waals surface area contributed by atoms with Gasteiger partial charge in [-0.15, -0.1) is 0 Å². The molecule has 0 amide bonds. The van der Waals surface area contributed by atoms with Gasteiger partial charge in [0.2, 0.25) is 0 Å². The summed E-state index contributed by atoms with van der Waals surface area (Å²) in [5, 5.41) is 23.2. The zero-order chi connectivity index (χ0) is 17.8. The van der Waals surface area contributed by atoms with Crippen molar-refractivity contribution in [3.05, 3.63) is 35.9 Å². The molecule has 0 radical (unpaired) electrons. The van der Waals surface area contributed by atoms with Gasteiger partial charge in [0.15, 0.2) is 0 Å². The van der Waals surface area contributed by atoms with E-state index in [-0.39, 0.29) is 60.9 Å². The zero-order valence-corrected chi connectivity index (χ0v) is 19.7. The van der Waals surface area contributed by atoms with E-state index in [0.717, 1.165) is 19.3 Å². The van der Waals surface area contributed by atoms with Crippen LogP contribution in [-0.4, -0.2) is 60.8 Å². The molecule has 0 unspecified atom stereocenters. The molecule has 0 heterocycles. The number of unbranched alkanes of at least 4 members (excludes halogenated alkanes) is 8. The molecule has 0 aromatic heterocycles. The fraction of sp³-hybridized carbons (Fsp3) is 0.600. The fourth-order valence-corrected chi connectivity index (χ4v) is 3.09. The van der Waals surface area contributed by atoms with Crippen molar-refractivity contribution in [3.63, 3.8) is 0 Å². The largest absolute Gasteiger partial charge is 2.00 e. The van der Waals surface area contributed by atoms with E-state index in [1.54, 1.807) is 18.2 Å². The normalized spacial score (nSPS) is 10.9. The van der Waals surface area contributed by atoms with Crippen LogP contribution in [0.15, 0.2) is 30.3 Å². The number of carboxylic acids is 2. The average molecular weight is 470 g/mol. The third-order valence-electron chi connectivity index (χ3n) is 4.62. The monoisotopic (exact) mass is 470 g/mol. The number of carboxylic acid groups (broad SMARTS) is 2. The predicted octanol–water partition coefficient (Wildman–Crippen LogP) is 1.96. The van der Waals surface area contributed by atoms with Gasteiger partial charge in [-0.25, -0.2) is 0 Å². The molecule has 4 nitrogen and oxygen atoms in total. The molecule has 0 saturated heterocycles. The van der Waals surface area contributed by atoms with E-state index < -0.39 is 17.4 Å². The van der Waals surface area contributed by atoms with Crippen LogP contribution in [0.3, 0.4) is 0 Å². The van der Waals surface area contributed by atoms with Crippen LogP contribution in [0.25, 0.3) is 0 Å². The minimum absolute atomic E-state index is 0.